The maximum Gasteiger partial charge on any atom is 0.235 e. The van der Waals surface area contributed by atoms with Crippen molar-refractivity contribution in [2.45, 2.75) is 19.1 Å². The zero-order valence-corrected chi connectivity index (χ0v) is 17.7. The number of amides is 1. The third kappa shape index (κ3) is 3.58. The number of methoxy groups -OCH3 is 2. The Morgan fingerprint density at radius 1 is 1.10 bits per heavy atom. The van der Waals surface area contributed by atoms with Crippen molar-refractivity contribution in [3.63, 3.8) is 0 Å². The number of anilines is 1. The van der Waals surface area contributed by atoms with E-state index in [0.717, 1.165) is 34.0 Å². The largest absolute Gasteiger partial charge is 0.497 e. The van der Waals surface area contributed by atoms with Crippen LogP contribution in [0, 0.1) is 13.8 Å². The number of aromatic nitrogens is 2. The van der Waals surface area contributed by atoms with Crippen molar-refractivity contribution < 1.29 is 14.3 Å². The Bertz CT molecular complexity index is 1060. The molecule has 0 bridgehead atoms. The van der Waals surface area contributed by atoms with Gasteiger partial charge < -0.3 is 14.8 Å². The topological polar surface area (TPSA) is 65.4 Å². The number of rotatable bonds is 4. The molecule has 29 heavy (non-hydrogen) atoms. The van der Waals surface area contributed by atoms with Crippen molar-refractivity contribution in [1.29, 1.82) is 0 Å². The summed E-state index contributed by atoms with van der Waals surface area (Å²) in [4.78, 5) is 12.5. The Hall–Kier alpha value is -2.93. The predicted molar refractivity (Wildman–Crippen MR) is 116 cm³/mol. The lowest BCUT2D eigenvalue weighted by Gasteiger charge is -2.19. The number of carbonyl (C=O) groups excluding carboxylic acids is 1. The summed E-state index contributed by atoms with van der Waals surface area (Å²) in [6.07, 6.45) is 0. The maximum absolute atomic E-state index is 12.5. The number of benzene rings is 2. The number of nitrogens with one attached hydrogen (secondary N) is 1. The van der Waals surface area contributed by atoms with E-state index in [9.17, 15) is 4.79 Å². The van der Waals surface area contributed by atoms with Crippen LogP contribution in [0.1, 0.15) is 27.6 Å². The molecule has 1 aromatic heterocycles. The van der Waals surface area contributed by atoms with E-state index in [0.29, 0.717) is 11.6 Å². The van der Waals surface area contributed by atoms with E-state index >= 15 is 0 Å². The van der Waals surface area contributed by atoms with Crippen LogP contribution in [0.3, 0.4) is 0 Å². The molecule has 1 amide bonds. The second kappa shape index (κ2) is 7.83. The molecule has 1 N–H and O–H groups in total. The zero-order valence-electron chi connectivity index (χ0n) is 16.9. The van der Waals surface area contributed by atoms with E-state index < -0.39 is 0 Å². The Morgan fingerprint density at radius 3 is 2.55 bits per heavy atom. The Balaban J connectivity index is 1.91. The van der Waals surface area contributed by atoms with Crippen molar-refractivity contribution in [3.05, 3.63) is 64.8 Å². The molecular weight excluding hydrogens is 386 g/mol. The van der Waals surface area contributed by atoms with Crippen LogP contribution in [0.25, 0.3) is 5.69 Å². The van der Waals surface area contributed by atoms with Crippen LogP contribution in [0.4, 0.5) is 5.82 Å². The molecule has 2 heterocycles. The smallest absolute Gasteiger partial charge is 0.235 e. The van der Waals surface area contributed by atoms with Gasteiger partial charge in [-0.05, 0) is 44.2 Å². The molecule has 150 valence electrons. The van der Waals surface area contributed by atoms with Crippen molar-refractivity contribution in [2.24, 2.45) is 0 Å². The van der Waals surface area contributed by atoms with Gasteiger partial charge in [-0.3, -0.25) is 4.79 Å². The fourth-order valence-electron chi connectivity index (χ4n) is 3.55. The molecule has 0 fully saturated rings. The Morgan fingerprint density at radius 2 is 1.86 bits per heavy atom. The molecule has 0 saturated carbocycles. The van der Waals surface area contributed by atoms with Crippen LogP contribution in [0.5, 0.6) is 11.5 Å². The summed E-state index contributed by atoms with van der Waals surface area (Å²) in [5.41, 5.74) is 4.88. The van der Waals surface area contributed by atoms with E-state index in [1.807, 2.05) is 61.0 Å². The molecule has 1 atom stereocenters. The molecule has 6 nitrogen and oxygen atoms in total. The SMILES string of the molecule is COc1ccc(OC)c([C@H]2SCC(=O)Nc3c2c(C)nn3-c2ccc(C)cc2)c1. The minimum Gasteiger partial charge on any atom is -0.497 e. The number of nitrogens with zero attached hydrogens (tertiary/aromatic N) is 2. The fraction of sp³-hybridized carbons (Fsp3) is 0.273. The van der Waals surface area contributed by atoms with Gasteiger partial charge in [-0.1, -0.05) is 17.7 Å². The molecule has 1 aliphatic rings. The van der Waals surface area contributed by atoms with Crippen LogP contribution >= 0.6 is 11.8 Å². The molecule has 1 aliphatic heterocycles. The van der Waals surface area contributed by atoms with Gasteiger partial charge in [0.05, 0.1) is 36.6 Å². The average Bonchev–Trinajstić information content (AvgIpc) is 2.93. The zero-order chi connectivity index (χ0) is 20.5. The summed E-state index contributed by atoms with van der Waals surface area (Å²) in [5.74, 6) is 2.50. The fourth-order valence-corrected chi connectivity index (χ4v) is 4.75. The Labute approximate surface area is 174 Å². The van der Waals surface area contributed by atoms with Gasteiger partial charge in [0.25, 0.3) is 0 Å². The highest BCUT2D eigenvalue weighted by molar-refractivity contribution is 8.00. The minimum atomic E-state index is -0.117. The quantitative estimate of drug-likeness (QED) is 0.697. The number of fused-ring (bicyclic) bond motifs is 1. The third-order valence-electron chi connectivity index (χ3n) is 5.01. The minimum absolute atomic E-state index is 0.0473. The van der Waals surface area contributed by atoms with E-state index in [2.05, 4.69) is 5.32 Å². The number of thioether (sulfide) groups is 1. The molecule has 0 unspecified atom stereocenters. The molecule has 0 radical (unpaired) electrons. The molecule has 0 saturated heterocycles. The van der Waals surface area contributed by atoms with Gasteiger partial charge in [0, 0.05) is 11.1 Å². The van der Waals surface area contributed by atoms with Gasteiger partial charge in [0.1, 0.15) is 17.3 Å². The van der Waals surface area contributed by atoms with Gasteiger partial charge in [-0.2, -0.15) is 5.10 Å². The van der Waals surface area contributed by atoms with Crippen molar-refractivity contribution in [2.75, 3.05) is 25.3 Å². The lowest BCUT2D eigenvalue weighted by molar-refractivity contribution is -0.113. The lowest BCUT2D eigenvalue weighted by Crippen LogP contribution is -2.15. The highest BCUT2D eigenvalue weighted by Gasteiger charge is 2.32. The molecule has 2 aromatic carbocycles. The molecule has 3 aromatic rings. The van der Waals surface area contributed by atoms with E-state index in [4.69, 9.17) is 14.6 Å². The molecule has 4 rings (SSSR count). The van der Waals surface area contributed by atoms with Crippen LogP contribution in [-0.4, -0.2) is 35.7 Å². The van der Waals surface area contributed by atoms with Crippen molar-refractivity contribution >= 4 is 23.5 Å². The van der Waals surface area contributed by atoms with Crippen LogP contribution in [0.15, 0.2) is 42.5 Å². The first-order chi connectivity index (χ1) is 14.0. The summed E-state index contributed by atoms with van der Waals surface area (Å²) in [5, 5.41) is 7.70. The predicted octanol–water partition coefficient (Wildman–Crippen LogP) is 4.28. The Kier molecular flexibility index (Phi) is 5.24. The molecule has 7 heteroatoms. The second-order valence-electron chi connectivity index (χ2n) is 6.94. The van der Waals surface area contributed by atoms with Gasteiger partial charge in [0.15, 0.2) is 0 Å². The standard InChI is InChI=1S/C22H23N3O3S/c1-13-5-7-15(8-6-13)25-22-20(14(2)24-25)21(29-12-19(26)23-22)17-11-16(27-3)9-10-18(17)28-4/h5-11,21H,12H2,1-4H3,(H,23,26)/t21-/m1/s1. The van der Waals surface area contributed by atoms with Crippen LogP contribution in [0.2, 0.25) is 0 Å². The van der Waals surface area contributed by atoms with Gasteiger partial charge in [-0.25, -0.2) is 4.68 Å². The van der Waals surface area contributed by atoms with Crippen molar-refractivity contribution in [3.8, 4) is 17.2 Å². The average molecular weight is 410 g/mol. The highest BCUT2D eigenvalue weighted by atomic mass is 32.2. The summed E-state index contributed by atoms with van der Waals surface area (Å²) < 4.78 is 12.9. The van der Waals surface area contributed by atoms with E-state index in [1.54, 1.807) is 26.0 Å². The van der Waals surface area contributed by atoms with Crippen LogP contribution in [-0.2, 0) is 4.79 Å². The summed E-state index contributed by atoms with van der Waals surface area (Å²) in [6, 6.07) is 13.8. The first-order valence-electron chi connectivity index (χ1n) is 9.31. The van der Waals surface area contributed by atoms with Gasteiger partial charge in [0.2, 0.25) is 5.91 Å². The van der Waals surface area contributed by atoms with E-state index in [-0.39, 0.29) is 11.2 Å². The number of ether oxygens (including phenoxy) is 2. The van der Waals surface area contributed by atoms with Crippen molar-refractivity contribution in [1.82, 2.24) is 9.78 Å². The summed E-state index contributed by atoms with van der Waals surface area (Å²) in [7, 11) is 3.29. The third-order valence-corrected chi connectivity index (χ3v) is 6.26. The second-order valence-corrected chi connectivity index (χ2v) is 8.04. The molecule has 0 aliphatic carbocycles. The maximum atomic E-state index is 12.5. The monoisotopic (exact) mass is 409 g/mol. The van der Waals surface area contributed by atoms with E-state index in [1.165, 1.54) is 5.56 Å². The normalized spacial score (nSPS) is 16.0. The number of aryl methyl sites for hydroxylation is 2. The van der Waals surface area contributed by atoms with Gasteiger partial charge in [-0.15, -0.1) is 11.8 Å². The van der Waals surface area contributed by atoms with Crippen LogP contribution < -0.4 is 14.8 Å². The lowest BCUT2D eigenvalue weighted by atomic mass is 10.0. The number of hydrogen-bond acceptors (Lipinski definition) is 5. The highest BCUT2D eigenvalue weighted by Crippen LogP contribution is 2.47. The summed E-state index contributed by atoms with van der Waals surface area (Å²) >= 11 is 1.56. The molecule has 0 spiro atoms. The number of hydrogen-bond donors (Lipinski definition) is 1. The number of carbonyl (C=O) groups is 1. The first kappa shape index (κ1) is 19.4. The van der Waals surface area contributed by atoms with Gasteiger partial charge >= 0.3 is 0 Å². The molecular formula is C22H23N3O3S. The summed E-state index contributed by atoms with van der Waals surface area (Å²) in [6.45, 7) is 4.02. The first-order valence-corrected chi connectivity index (χ1v) is 10.4.